The molecule has 0 fully saturated rings. The van der Waals surface area contributed by atoms with Crippen LogP contribution in [0.4, 0.5) is 0 Å². The molecule has 0 spiro atoms. The number of benzene rings is 4. The van der Waals surface area contributed by atoms with Crippen molar-refractivity contribution in [2.45, 2.75) is 7.25 Å². The van der Waals surface area contributed by atoms with Crippen LogP contribution in [0.5, 0.6) is 34.5 Å². The number of fused-ring (bicyclic) bond motifs is 2. The van der Waals surface area contributed by atoms with E-state index in [1.165, 1.54) is 0 Å². The van der Waals surface area contributed by atoms with Crippen LogP contribution in [0.3, 0.4) is 0 Å². The van der Waals surface area contributed by atoms with E-state index >= 15 is 0 Å². The van der Waals surface area contributed by atoms with Crippen molar-refractivity contribution < 1.29 is 45.7 Å². The average Bonchev–Trinajstić information content (AvgIpc) is 3.71. The van der Waals surface area contributed by atoms with Crippen LogP contribution in [0.25, 0.3) is 12.2 Å². The number of nitrogens with zero attached hydrogens (tertiary/aromatic N) is 2. The first-order valence-corrected chi connectivity index (χ1v) is 19.1. The molecular weight excluding hydrogens is 648 g/mol. The molecule has 2 aliphatic carbocycles. The summed E-state index contributed by atoms with van der Waals surface area (Å²) >= 11 is -4.95. The minimum absolute atomic E-state index is 0.346. The van der Waals surface area contributed by atoms with Crippen molar-refractivity contribution in [3.8, 4) is 46.6 Å². The molecule has 0 bridgehead atoms. The quantitative estimate of drug-likeness (QED) is 0.171. The van der Waals surface area contributed by atoms with Crippen LogP contribution in [0, 0.1) is 22.7 Å². The number of hydrogen-bond acceptors (Lipinski definition) is 8. The molecule has 8 nitrogen and oxygen atoms in total. The van der Waals surface area contributed by atoms with Gasteiger partial charge in [0.25, 0.3) is 0 Å². The van der Waals surface area contributed by atoms with Gasteiger partial charge in [-0.2, -0.15) is 0 Å². The van der Waals surface area contributed by atoms with Crippen molar-refractivity contribution in [1.29, 1.82) is 10.5 Å². The molecule has 224 valence electrons. The van der Waals surface area contributed by atoms with Gasteiger partial charge in [-0.15, -0.1) is 0 Å². The van der Waals surface area contributed by atoms with E-state index in [0.717, 1.165) is 22.3 Å². The zero-order chi connectivity index (χ0) is 31.6. The second-order valence-electron chi connectivity index (χ2n) is 10.5. The van der Waals surface area contributed by atoms with Crippen molar-refractivity contribution in [2.24, 2.45) is 0 Å². The van der Waals surface area contributed by atoms with E-state index in [4.69, 9.17) is 24.6 Å². The number of para-hydroxylation sites is 2. The average molecular weight is 678 g/mol. The van der Waals surface area contributed by atoms with Crippen molar-refractivity contribution in [1.82, 2.24) is 0 Å². The summed E-state index contributed by atoms with van der Waals surface area (Å²) in [5.74, 6) is 3.22. The van der Waals surface area contributed by atoms with Gasteiger partial charge < -0.3 is 0 Å². The second kappa shape index (κ2) is 12.6. The first kappa shape index (κ1) is 30.1. The van der Waals surface area contributed by atoms with Gasteiger partial charge in [0.15, 0.2) is 0 Å². The summed E-state index contributed by atoms with van der Waals surface area (Å²) < 4.78 is 36.6. The number of rotatable bonds is 10. The molecule has 0 saturated carbocycles. The summed E-state index contributed by atoms with van der Waals surface area (Å²) in [6, 6.07) is 26.7. The van der Waals surface area contributed by atoms with E-state index in [2.05, 4.69) is 24.3 Å². The van der Waals surface area contributed by atoms with Crippen LogP contribution in [-0.2, 0) is 21.1 Å². The van der Waals surface area contributed by atoms with Gasteiger partial charge in [-0.25, -0.2) is 0 Å². The predicted molar refractivity (Wildman–Crippen MR) is 166 cm³/mol. The molecule has 0 heterocycles. The first-order valence-electron chi connectivity index (χ1n) is 14.2. The van der Waals surface area contributed by atoms with Crippen LogP contribution in [-0.4, -0.2) is 28.4 Å². The molecular formula is C36H30N2O6Zr. The van der Waals surface area contributed by atoms with Gasteiger partial charge in [0.05, 0.1) is 0 Å². The Balaban J connectivity index is 1.66. The normalized spacial score (nSPS) is 15.8. The summed E-state index contributed by atoms with van der Waals surface area (Å²) in [5, 5.41) is 20.2. The molecule has 2 atom stereocenters. The third-order valence-electron chi connectivity index (χ3n) is 8.21. The van der Waals surface area contributed by atoms with E-state index in [9.17, 15) is 10.5 Å². The van der Waals surface area contributed by atoms with Gasteiger partial charge in [-0.3, -0.25) is 0 Å². The van der Waals surface area contributed by atoms with Crippen LogP contribution < -0.4 is 24.6 Å². The Morgan fingerprint density at radius 1 is 0.533 bits per heavy atom. The fraction of sp³-hybridized carbons (Fsp3) is 0.167. The Hall–Kier alpha value is -4.98. The number of nitriles is 2. The molecule has 2 aliphatic rings. The number of methoxy groups -OCH3 is 4. The standard InChI is InChI=1S/2C11H11O2.2C7H5NO.Zr/c2*1-12-10-6-8-4-3-5-9(8)7-11(10)13-2;2*8-5-6-3-1-2-4-7(6)9;/h2*3-7H,1-2H3;2*1-4,9H;/q;;;;+2/p-2. The third kappa shape index (κ3) is 5.24. The zero-order valence-corrected chi connectivity index (χ0v) is 27.7. The van der Waals surface area contributed by atoms with E-state index in [-0.39, 0.29) is 7.25 Å². The molecule has 9 heteroatoms. The molecule has 0 aliphatic heterocycles. The summed E-state index contributed by atoms with van der Waals surface area (Å²) in [7, 11) is 6.42. The molecule has 0 amide bonds. The summed E-state index contributed by atoms with van der Waals surface area (Å²) in [6.07, 6.45) is 8.30. The molecule has 0 saturated heterocycles. The van der Waals surface area contributed by atoms with Crippen LogP contribution in [0.1, 0.15) is 40.6 Å². The van der Waals surface area contributed by atoms with Crippen LogP contribution >= 0.6 is 0 Å². The van der Waals surface area contributed by atoms with Crippen molar-refractivity contribution in [2.75, 3.05) is 28.4 Å². The van der Waals surface area contributed by atoms with E-state index in [1.54, 1.807) is 64.8 Å². The Bertz CT molecular complexity index is 1780. The second-order valence-corrected chi connectivity index (χ2v) is 18.1. The van der Waals surface area contributed by atoms with Gasteiger partial charge in [0.1, 0.15) is 0 Å². The van der Waals surface area contributed by atoms with Crippen molar-refractivity contribution in [3.63, 3.8) is 0 Å². The van der Waals surface area contributed by atoms with Crippen molar-refractivity contribution in [3.05, 3.63) is 118 Å². The molecule has 0 N–H and O–H groups in total. The van der Waals surface area contributed by atoms with Crippen LogP contribution in [0.15, 0.2) is 84.9 Å². The van der Waals surface area contributed by atoms with Gasteiger partial charge in [0.2, 0.25) is 0 Å². The SMILES string of the molecule is COc1cc2c(cc1OC)[CH]([Zr]([O]c1ccccc1C#N)([O]c1ccccc1C#N)[CH]1C=Cc3cc(OC)c(OC)cc31)C=C2. The van der Waals surface area contributed by atoms with Crippen molar-refractivity contribution >= 4 is 12.2 Å². The number of hydrogen-bond donors (Lipinski definition) is 0. The summed E-state index contributed by atoms with van der Waals surface area (Å²) in [6.45, 7) is 0. The maximum atomic E-state index is 10.1. The number of allylic oxidation sites excluding steroid dienone is 2. The Morgan fingerprint density at radius 2 is 0.911 bits per heavy atom. The third-order valence-corrected chi connectivity index (χ3v) is 17.6. The Morgan fingerprint density at radius 3 is 1.29 bits per heavy atom. The summed E-state index contributed by atoms with van der Waals surface area (Å²) in [4.78, 5) is 0. The fourth-order valence-corrected chi connectivity index (χ4v) is 16.1. The Kier molecular flexibility index (Phi) is 8.39. The van der Waals surface area contributed by atoms with Gasteiger partial charge in [-0.1, -0.05) is 0 Å². The predicted octanol–water partition coefficient (Wildman–Crippen LogP) is 7.44. The molecule has 45 heavy (non-hydrogen) atoms. The number of ether oxygens (including phenoxy) is 4. The molecule has 0 radical (unpaired) electrons. The minimum atomic E-state index is -4.95. The van der Waals surface area contributed by atoms with E-state index < -0.39 is 21.1 Å². The summed E-state index contributed by atoms with van der Waals surface area (Å²) in [5.41, 5.74) is 4.58. The van der Waals surface area contributed by atoms with Crippen LogP contribution in [0.2, 0.25) is 0 Å². The molecule has 4 aromatic rings. The molecule has 0 aromatic heterocycles. The monoisotopic (exact) mass is 676 g/mol. The topological polar surface area (TPSA) is 103 Å². The van der Waals surface area contributed by atoms with Gasteiger partial charge in [0, 0.05) is 0 Å². The van der Waals surface area contributed by atoms with E-state index in [1.807, 2.05) is 48.6 Å². The maximum absolute atomic E-state index is 10.1. The van der Waals surface area contributed by atoms with E-state index in [0.29, 0.717) is 45.6 Å². The zero-order valence-electron chi connectivity index (χ0n) is 25.2. The first-order chi connectivity index (χ1) is 22.0. The molecule has 4 aromatic carbocycles. The fourth-order valence-electron chi connectivity index (χ4n) is 6.07. The van der Waals surface area contributed by atoms with Gasteiger partial charge in [-0.05, 0) is 0 Å². The Labute approximate surface area is 267 Å². The molecule has 2 unspecified atom stereocenters. The van der Waals surface area contributed by atoms with Gasteiger partial charge >= 0.3 is 269 Å². The molecule has 6 rings (SSSR count).